The lowest BCUT2D eigenvalue weighted by Gasteiger charge is -2.07. The van der Waals surface area contributed by atoms with Crippen molar-refractivity contribution in [3.8, 4) is 16.9 Å². The van der Waals surface area contributed by atoms with E-state index < -0.39 is 0 Å². The third-order valence-corrected chi connectivity index (χ3v) is 4.02. The molecule has 2 aromatic carbocycles. The lowest BCUT2D eigenvalue weighted by molar-refractivity contribution is 0.0958. The maximum atomic E-state index is 12.6. The molecular formula is C21H21N3O. The summed E-state index contributed by atoms with van der Waals surface area (Å²) in [6.07, 6.45) is 3.44. The molecule has 1 amide bonds. The topological polar surface area (TPSA) is 46.9 Å². The SMILES string of the molecule is C=CCNC(=O)c1cn(-c2ccccc2)nc1-c1ccc(C)cc1C. The van der Waals surface area contributed by atoms with Crippen LogP contribution < -0.4 is 5.32 Å². The van der Waals surface area contributed by atoms with Gasteiger partial charge in [-0.2, -0.15) is 5.10 Å². The minimum absolute atomic E-state index is 0.156. The zero-order valence-electron chi connectivity index (χ0n) is 14.5. The van der Waals surface area contributed by atoms with Gasteiger partial charge in [-0.15, -0.1) is 6.58 Å². The molecule has 0 fully saturated rings. The molecule has 0 saturated carbocycles. The van der Waals surface area contributed by atoms with Crippen LogP contribution in [0.25, 0.3) is 16.9 Å². The second-order valence-electron chi connectivity index (χ2n) is 5.99. The number of carbonyl (C=O) groups is 1. The van der Waals surface area contributed by atoms with Crippen LogP contribution in [0.15, 0.2) is 67.4 Å². The Labute approximate surface area is 147 Å². The Morgan fingerprint density at radius 1 is 1.20 bits per heavy atom. The van der Waals surface area contributed by atoms with Gasteiger partial charge < -0.3 is 5.32 Å². The van der Waals surface area contributed by atoms with E-state index in [4.69, 9.17) is 5.10 Å². The zero-order chi connectivity index (χ0) is 17.8. The summed E-state index contributed by atoms with van der Waals surface area (Å²) in [6, 6.07) is 15.9. The number of aryl methyl sites for hydroxylation is 2. The van der Waals surface area contributed by atoms with Crippen LogP contribution in [-0.2, 0) is 0 Å². The molecule has 0 aliphatic rings. The van der Waals surface area contributed by atoms with Gasteiger partial charge in [0.1, 0.15) is 5.69 Å². The fourth-order valence-electron chi connectivity index (χ4n) is 2.79. The molecule has 0 aliphatic heterocycles. The normalized spacial score (nSPS) is 10.5. The first-order chi connectivity index (χ1) is 12.1. The fourth-order valence-corrected chi connectivity index (χ4v) is 2.79. The van der Waals surface area contributed by atoms with E-state index in [1.165, 1.54) is 5.56 Å². The van der Waals surface area contributed by atoms with Gasteiger partial charge in [0.05, 0.1) is 11.3 Å². The monoisotopic (exact) mass is 331 g/mol. The molecule has 1 N–H and O–H groups in total. The van der Waals surface area contributed by atoms with Crippen LogP contribution in [-0.4, -0.2) is 22.2 Å². The fraction of sp³-hybridized carbons (Fsp3) is 0.143. The van der Waals surface area contributed by atoms with Crippen molar-refractivity contribution in [1.29, 1.82) is 0 Å². The van der Waals surface area contributed by atoms with E-state index in [0.29, 0.717) is 17.8 Å². The minimum Gasteiger partial charge on any atom is -0.348 e. The molecule has 0 aliphatic carbocycles. The van der Waals surface area contributed by atoms with Crippen LogP contribution in [0.1, 0.15) is 21.5 Å². The Hall–Kier alpha value is -3.14. The van der Waals surface area contributed by atoms with Crippen molar-refractivity contribution in [1.82, 2.24) is 15.1 Å². The van der Waals surface area contributed by atoms with Crippen molar-refractivity contribution < 1.29 is 4.79 Å². The quantitative estimate of drug-likeness (QED) is 0.716. The Morgan fingerprint density at radius 2 is 1.96 bits per heavy atom. The Kier molecular flexibility index (Phi) is 4.80. The Morgan fingerprint density at radius 3 is 2.64 bits per heavy atom. The highest BCUT2D eigenvalue weighted by Crippen LogP contribution is 2.27. The third-order valence-electron chi connectivity index (χ3n) is 4.02. The molecule has 0 unspecified atom stereocenters. The lowest BCUT2D eigenvalue weighted by atomic mass is 10.0. The van der Waals surface area contributed by atoms with Crippen LogP contribution in [0.5, 0.6) is 0 Å². The van der Waals surface area contributed by atoms with Gasteiger partial charge in [-0.25, -0.2) is 4.68 Å². The van der Waals surface area contributed by atoms with E-state index in [0.717, 1.165) is 16.8 Å². The first kappa shape index (κ1) is 16.7. The van der Waals surface area contributed by atoms with E-state index in [1.54, 1.807) is 17.0 Å². The van der Waals surface area contributed by atoms with Gasteiger partial charge in [0, 0.05) is 18.3 Å². The Balaban J connectivity index is 2.13. The molecular weight excluding hydrogens is 310 g/mol. The molecule has 1 aromatic heterocycles. The van der Waals surface area contributed by atoms with E-state index in [-0.39, 0.29) is 5.91 Å². The summed E-state index contributed by atoms with van der Waals surface area (Å²) < 4.78 is 1.75. The Bertz CT molecular complexity index is 910. The van der Waals surface area contributed by atoms with E-state index in [2.05, 4.69) is 24.9 Å². The van der Waals surface area contributed by atoms with E-state index >= 15 is 0 Å². The van der Waals surface area contributed by atoms with Gasteiger partial charge >= 0.3 is 0 Å². The van der Waals surface area contributed by atoms with Gasteiger partial charge in [0.15, 0.2) is 0 Å². The average molecular weight is 331 g/mol. The molecule has 3 aromatic rings. The van der Waals surface area contributed by atoms with Gasteiger partial charge in [0.2, 0.25) is 0 Å². The molecule has 0 radical (unpaired) electrons. The molecule has 0 saturated heterocycles. The van der Waals surface area contributed by atoms with Gasteiger partial charge in [-0.3, -0.25) is 4.79 Å². The first-order valence-electron chi connectivity index (χ1n) is 8.22. The summed E-state index contributed by atoms with van der Waals surface area (Å²) in [6.45, 7) is 8.16. The van der Waals surface area contributed by atoms with Crippen LogP contribution in [0.3, 0.4) is 0 Å². The van der Waals surface area contributed by atoms with Gasteiger partial charge in [-0.05, 0) is 31.5 Å². The highest BCUT2D eigenvalue weighted by molar-refractivity contribution is 6.00. The van der Waals surface area contributed by atoms with Crippen molar-refractivity contribution in [2.75, 3.05) is 6.54 Å². The average Bonchev–Trinajstić information content (AvgIpc) is 3.05. The summed E-state index contributed by atoms with van der Waals surface area (Å²) in [5, 5.41) is 7.54. The number of para-hydroxylation sites is 1. The molecule has 126 valence electrons. The molecule has 1 heterocycles. The van der Waals surface area contributed by atoms with E-state index in [1.807, 2.05) is 49.4 Å². The molecule has 4 heteroatoms. The van der Waals surface area contributed by atoms with Crippen molar-refractivity contribution in [2.24, 2.45) is 0 Å². The van der Waals surface area contributed by atoms with Crippen molar-refractivity contribution in [3.05, 3.63) is 84.1 Å². The van der Waals surface area contributed by atoms with Crippen LogP contribution >= 0.6 is 0 Å². The van der Waals surface area contributed by atoms with Crippen LogP contribution in [0.4, 0.5) is 0 Å². The summed E-state index contributed by atoms with van der Waals surface area (Å²) in [5.74, 6) is -0.156. The molecule has 4 nitrogen and oxygen atoms in total. The number of carbonyl (C=O) groups excluding carboxylic acids is 1. The van der Waals surface area contributed by atoms with Crippen molar-refractivity contribution in [3.63, 3.8) is 0 Å². The maximum Gasteiger partial charge on any atom is 0.255 e. The highest BCUT2D eigenvalue weighted by Gasteiger charge is 2.19. The number of nitrogens with zero attached hydrogens (tertiary/aromatic N) is 2. The standard InChI is InChI=1S/C21H21N3O/c1-4-12-22-21(25)19-14-24(17-8-6-5-7-9-17)23-20(19)18-11-10-15(2)13-16(18)3/h4-11,13-14H,1,12H2,2-3H3,(H,22,25). The highest BCUT2D eigenvalue weighted by atomic mass is 16.1. The second-order valence-corrected chi connectivity index (χ2v) is 5.99. The van der Waals surface area contributed by atoms with Gasteiger partial charge in [0.25, 0.3) is 5.91 Å². The summed E-state index contributed by atoms with van der Waals surface area (Å²) in [5.41, 5.74) is 5.39. The number of aromatic nitrogens is 2. The summed E-state index contributed by atoms with van der Waals surface area (Å²) in [7, 11) is 0. The molecule has 3 rings (SSSR count). The number of hydrogen-bond acceptors (Lipinski definition) is 2. The van der Waals surface area contributed by atoms with E-state index in [9.17, 15) is 4.79 Å². The number of amides is 1. The van der Waals surface area contributed by atoms with Gasteiger partial charge in [-0.1, -0.05) is 48.0 Å². The third kappa shape index (κ3) is 3.53. The zero-order valence-corrected chi connectivity index (χ0v) is 14.5. The lowest BCUT2D eigenvalue weighted by Crippen LogP contribution is -2.23. The number of hydrogen-bond donors (Lipinski definition) is 1. The largest absolute Gasteiger partial charge is 0.348 e. The van der Waals surface area contributed by atoms with Crippen molar-refractivity contribution in [2.45, 2.75) is 13.8 Å². The number of nitrogens with one attached hydrogen (secondary N) is 1. The molecule has 25 heavy (non-hydrogen) atoms. The van der Waals surface area contributed by atoms with Crippen molar-refractivity contribution >= 4 is 5.91 Å². The predicted octanol–water partition coefficient (Wildman–Crippen LogP) is 4.07. The molecule has 0 bridgehead atoms. The smallest absolute Gasteiger partial charge is 0.255 e. The number of rotatable bonds is 5. The summed E-state index contributed by atoms with van der Waals surface area (Å²) >= 11 is 0. The second kappa shape index (κ2) is 7.18. The maximum absolute atomic E-state index is 12.6. The van der Waals surface area contributed by atoms with Crippen LogP contribution in [0.2, 0.25) is 0 Å². The minimum atomic E-state index is -0.156. The van der Waals surface area contributed by atoms with Crippen LogP contribution in [0, 0.1) is 13.8 Å². The molecule has 0 atom stereocenters. The molecule has 0 spiro atoms. The summed E-state index contributed by atoms with van der Waals surface area (Å²) in [4.78, 5) is 12.6. The predicted molar refractivity (Wildman–Crippen MR) is 101 cm³/mol. The first-order valence-corrected chi connectivity index (χ1v) is 8.22. The number of benzene rings is 2.